The predicted octanol–water partition coefficient (Wildman–Crippen LogP) is 1.63. The highest BCUT2D eigenvalue weighted by Crippen LogP contribution is 2.18. The molecule has 0 saturated carbocycles. The largest absolute Gasteiger partial charge is 0.396 e. The molecule has 0 aliphatic heterocycles. The summed E-state index contributed by atoms with van der Waals surface area (Å²) in [6, 6.07) is 2.35. The molecule has 5 nitrogen and oxygen atoms in total. The standard InChI is InChI=1S/C12H20N4O/c1-3-5-12-11(7-8-13)14-15-16(12)10(2)6-4-9-17/h10,17H,3-7,9H2,1-2H3. The molecule has 1 heterocycles. The number of nitriles is 1. The predicted molar refractivity (Wildman–Crippen MR) is 64.4 cm³/mol. The van der Waals surface area contributed by atoms with E-state index in [1.807, 2.05) is 4.68 Å². The van der Waals surface area contributed by atoms with Crippen LogP contribution in [-0.4, -0.2) is 26.7 Å². The summed E-state index contributed by atoms with van der Waals surface area (Å²) in [4.78, 5) is 0. The van der Waals surface area contributed by atoms with Crippen molar-refractivity contribution < 1.29 is 5.11 Å². The van der Waals surface area contributed by atoms with Crippen molar-refractivity contribution in [3.05, 3.63) is 11.4 Å². The average molecular weight is 236 g/mol. The number of aromatic nitrogens is 3. The lowest BCUT2D eigenvalue weighted by Crippen LogP contribution is -2.12. The number of aliphatic hydroxyl groups excluding tert-OH is 1. The van der Waals surface area contributed by atoms with Gasteiger partial charge in [0.15, 0.2) is 0 Å². The smallest absolute Gasteiger partial charge is 0.0999 e. The Morgan fingerprint density at radius 3 is 2.88 bits per heavy atom. The Hall–Kier alpha value is -1.41. The van der Waals surface area contributed by atoms with E-state index in [1.165, 1.54) is 0 Å². The summed E-state index contributed by atoms with van der Waals surface area (Å²) in [6.07, 6.45) is 3.87. The van der Waals surface area contributed by atoms with Crippen LogP contribution >= 0.6 is 0 Å². The zero-order chi connectivity index (χ0) is 12.7. The van der Waals surface area contributed by atoms with E-state index in [0.29, 0.717) is 6.42 Å². The maximum absolute atomic E-state index is 8.84. The van der Waals surface area contributed by atoms with Gasteiger partial charge in [-0.3, -0.25) is 0 Å². The quantitative estimate of drug-likeness (QED) is 0.780. The second-order valence-electron chi connectivity index (χ2n) is 4.23. The van der Waals surface area contributed by atoms with Gasteiger partial charge in [0.25, 0.3) is 0 Å². The molecule has 0 aliphatic carbocycles. The summed E-state index contributed by atoms with van der Waals surface area (Å²) in [5.41, 5.74) is 1.87. The molecule has 0 radical (unpaired) electrons. The first kappa shape index (κ1) is 13.7. The van der Waals surface area contributed by atoms with Crippen LogP contribution in [0.1, 0.15) is 50.5 Å². The van der Waals surface area contributed by atoms with Gasteiger partial charge in [0.2, 0.25) is 0 Å². The molecule has 0 saturated heterocycles. The lowest BCUT2D eigenvalue weighted by molar-refractivity contribution is 0.269. The van der Waals surface area contributed by atoms with Crippen LogP contribution < -0.4 is 0 Å². The van der Waals surface area contributed by atoms with E-state index in [4.69, 9.17) is 10.4 Å². The molecule has 1 aromatic heterocycles. The van der Waals surface area contributed by atoms with E-state index in [9.17, 15) is 0 Å². The van der Waals surface area contributed by atoms with E-state index < -0.39 is 0 Å². The fourth-order valence-corrected chi connectivity index (χ4v) is 1.92. The third-order valence-corrected chi connectivity index (χ3v) is 2.80. The lowest BCUT2D eigenvalue weighted by Gasteiger charge is -2.14. The van der Waals surface area contributed by atoms with Crippen LogP contribution in [0.4, 0.5) is 0 Å². The Morgan fingerprint density at radius 2 is 2.29 bits per heavy atom. The molecule has 0 aromatic carbocycles. The Balaban J connectivity index is 2.86. The van der Waals surface area contributed by atoms with Gasteiger partial charge in [0.05, 0.1) is 29.9 Å². The average Bonchev–Trinajstić information content (AvgIpc) is 2.71. The van der Waals surface area contributed by atoms with Crippen molar-refractivity contribution in [3.63, 3.8) is 0 Å². The topological polar surface area (TPSA) is 74.7 Å². The van der Waals surface area contributed by atoms with E-state index in [-0.39, 0.29) is 12.6 Å². The van der Waals surface area contributed by atoms with E-state index in [2.05, 4.69) is 30.2 Å². The molecule has 1 unspecified atom stereocenters. The number of hydrogen-bond acceptors (Lipinski definition) is 4. The third-order valence-electron chi connectivity index (χ3n) is 2.80. The molecule has 1 aromatic rings. The molecular formula is C12H20N4O. The minimum atomic E-state index is 0.202. The fourth-order valence-electron chi connectivity index (χ4n) is 1.92. The first-order chi connectivity index (χ1) is 8.24. The van der Waals surface area contributed by atoms with Gasteiger partial charge in [0, 0.05) is 6.61 Å². The summed E-state index contributed by atoms with van der Waals surface area (Å²) in [5.74, 6) is 0. The van der Waals surface area contributed by atoms with Gasteiger partial charge in [-0.15, -0.1) is 5.10 Å². The molecule has 0 amide bonds. The second kappa shape index (κ2) is 7.02. The van der Waals surface area contributed by atoms with Crippen molar-refractivity contribution in [1.29, 1.82) is 5.26 Å². The molecule has 1 N–H and O–H groups in total. The molecule has 94 valence electrons. The van der Waals surface area contributed by atoms with E-state index >= 15 is 0 Å². The molecule has 0 fully saturated rings. The summed E-state index contributed by atoms with van der Waals surface area (Å²) in [5, 5.41) is 25.8. The molecular weight excluding hydrogens is 216 g/mol. The normalized spacial score (nSPS) is 12.4. The Bertz CT molecular complexity index is 380. The Labute approximate surface area is 102 Å². The van der Waals surface area contributed by atoms with Gasteiger partial charge in [-0.25, -0.2) is 4.68 Å². The highest BCUT2D eigenvalue weighted by atomic mass is 16.2. The van der Waals surface area contributed by atoms with Gasteiger partial charge in [-0.05, 0) is 26.2 Å². The highest BCUT2D eigenvalue weighted by molar-refractivity contribution is 5.15. The van der Waals surface area contributed by atoms with Gasteiger partial charge in [-0.1, -0.05) is 18.6 Å². The van der Waals surface area contributed by atoms with Crippen LogP contribution in [0, 0.1) is 11.3 Å². The van der Waals surface area contributed by atoms with Crippen LogP contribution in [0.5, 0.6) is 0 Å². The molecule has 0 spiro atoms. The first-order valence-corrected chi connectivity index (χ1v) is 6.15. The number of hydrogen-bond donors (Lipinski definition) is 1. The minimum Gasteiger partial charge on any atom is -0.396 e. The minimum absolute atomic E-state index is 0.202. The van der Waals surface area contributed by atoms with Gasteiger partial charge >= 0.3 is 0 Å². The van der Waals surface area contributed by atoms with Crippen molar-refractivity contribution in [2.75, 3.05) is 6.61 Å². The Kier molecular flexibility index (Phi) is 5.64. The van der Waals surface area contributed by atoms with Crippen LogP contribution in [0.3, 0.4) is 0 Å². The third kappa shape index (κ3) is 3.53. The van der Waals surface area contributed by atoms with Crippen molar-refractivity contribution in [3.8, 4) is 6.07 Å². The number of rotatable bonds is 7. The zero-order valence-electron chi connectivity index (χ0n) is 10.6. The van der Waals surface area contributed by atoms with Gasteiger partial charge in [0.1, 0.15) is 0 Å². The molecule has 0 bridgehead atoms. The first-order valence-electron chi connectivity index (χ1n) is 6.15. The van der Waals surface area contributed by atoms with Crippen molar-refractivity contribution in [2.45, 2.75) is 52.0 Å². The van der Waals surface area contributed by atoms with Crippen molar-refractivity contribution in [2.24, 2.45) is 0 Å². The highest BCUT2D eigenvalue weighted by Gasteiger charge is 2.15. The second-order valence-corrected chi connectivity index (χ2v) is 4.23. The SMILES string of the molecule is CCCc1c(CC#N)nnn1C(C)CCCO. The summed E-state index contributed by atoms with van der Waals surface area (Å²) < 4.78 is 1.91. The molecule has 1 rings (SSSR count). The maximum atomic E-state index is 8.84. The number of nitrogens with zero attached hydrogens (tertiary/aromatic N) is 4. The van der Waals surface area contributed by atoms with Gasteiger partial charge in [-0.2, -0.15) is 5.26 Å². The maximum Gasteiger partial charge on any atom is 0.0999 e. The lowest BCUT2D eigenvalue weighted by atomic mass is 10.1. The van der Waals surface area contributed by atoms with Crippen molar-refractivity contribution >= 4 is 0 Å². The fraction of sp³-hybridized carbons (Fsp3) is 0.750. The van der Waals surface area contributed by atoms with E-state index in [1.54, 1.807) is 0 Å². The summed E-state index contributed by atoms with van der Waals surface area (Å²) in [6.45, 7) is 4.37. The summed E-state index contributed by atoms with van der Waals surface area (Å²) >= 11 is 0. The van der Waals surface area contributed by atoms with E-state index in [0.717, 1.165) is 37.1 Å². The zero-order valence-corrected chi connectivity index (χ0v) is 10.6. The van der Waals surface area contributed by atoms with Crippen LogP contribution in [0.25, 0.3) is 0 Å². The molecule has 0 aliphatic rings. The monoisotopic (exact) mass is 236 g/mol. The van der Waals surface area contributed by atoms with Crippen LogP contribution in [0.15, 0.2) is 0 Å². The summed E-state index contributed by atoms with van der Waals surface area (Å²) in [7, 11) is 0. The molecule has 1 atom stereocenters. The molecule has 17 heavy (non-hydrogen) atoms. The van der Waals surface area contributed by atoms with Crippen LogP contribution in [0.2, 0.25) is 0 Å². The van der Waals surface area contributed by atoms with Crippen LogP contribution in [-0.2, 0) is 12.8 Å². The van der Waals surface area contributed by atoms with Crippen molar-refractivity contribution in [1.82, 2.24) is 15.0 Å². The Morgan fingerprint density at radius 1 is 1.53 bits per heavy atom. The number of aliphatic hydroxyl groups is 1. The molecule has 5 heteroatoms. The van der Waals surface area contributed by atoms with Gasteiger partial charge < -0.3 is 5.11 Å².